The van der Waals surface area contributed by atoms with E-state index in [2.05, 4.69) is 0 Å². The van der Waals surface area contributed by atoms with Gasteiger partial charge in [-0.1, -0.05) is 30.3 Å². The van der Waals surface area contributed by atoms with Crippen molar-refractivity contribution in [1.29, 1.82) is 0 Å². The summed E-state index contributed by atoms with van der Waals surface area (Å²) >= 11 is 0. The Morgan fingerprint density at radius 3 is 2.74 bits per heavy atom. The molecule has 1 saturated heterocycles. The lowest BCUT2D eigenvalue weighted by Crippen LogP contribution is -2.39. The predicted molar refractivity (Wildman–Crippen MR) is 67.9 cm³/mol. The lowest BCUT2D eigenvalue weighted by molar-refractivity contribution is -0.171. The van der Waals surface area contributed by atoms with Crippen molar-refractivity contribution in [3.8, 4) is 0 Å². The first-order chi connectivity index (χ1) is 9.13. The van der Waals surface area contributed by atoms with Crippen molar-refractivity contribution in [3.05, 3.63) is 35.9 Å². The van der Waals surface area contributed by atoms with E-state index in [0.29, 0.717) is 0 Å². The first kappa shape index (κ1) is 13.7. The van der Waals surface area contributed by atoms with Gasteiger partial charge in [0.1, 0.15) is 18.9 Å². The molecule has 2 rings (SSSR count). The van der Waals surface area contributed by atoms with E-state index in [-0.39, 0.29) is 12.7 Å². The van der Waals surface area contributed by atoms with Crippen LogP contribution in [0.1, 0.15) is 12.5 Å². The van der Waals surface area contributed by atoms with Gasteiger partial charge in [0.05, 0.1) is 12.0 Å². The third-order valence-electron chi connectivity index (χ3n) is 3.25. The van der Waals surface area contributed by atoms with Crippen molar-refractivity contribution >= 4 is 12.3 Å². The highest BCUT2D eigenvalue weighted by atomic mass is 16.7. The number of carbonyl (C=O) groups excluding carboxylic acids is 2. The predicted octanol–water partition coefficient (Wildman–Crippen LogP) is 1.18. The number of hydrogen-bond donors (Lipinski definition) is 0. The molecule has 0 bridgehead atoms. The Bertz CT molecular complexity index is 448. The molecular weight excluding hydrogens is 246 g/mol. The molecule has 0 N–H and O–H groups in total. The second-order valence-electron chi connectivity index (χ2n) is 4.61. The molecular formula is C14H17NO4. The average molecular weight is 263 g/mol. The van der Waals surface area contributed by atoms with Crippen LogP contribution in [0.3, 0.4) is 0 Å². The number of hydroxylamine groups is 2. The van der Waals surface area contributed by atoms with Gasteiger partial charge in [-0.3, -0.25) is 9.63 Å². The van der Waals surface area contributed by atoms with Crippen LogP contribution < -0.4 is 0 Å². The fraction of sp³-hybridized carbons (Fsp3) is 0.429. The van der Waals surface area contributed by atoms with Gasteiger partial charge in [-0.05, 0) is 12.5 Å². The third-order valence-corrected chi connectivity index (χ3v) is 3.25. The summed E-state index contributed by atoms with van der Waals surface area (Å²) < 4.78 is 5.24. The molecule has 0 unspecified atom stereocenters. The van der Waals surface area contributed by atoms with Gasteiger partial charge < -0.3 is 9.53 Å². The number of esters is 1. The summed E-state index contributed by atoms with van der Waals surface area (Å²) in [5, 5.41) is 1.40. The van der Waals surface area contributed by atoms with E-state index < -0.39 is 17.9 Å². The molecule has 1 aromatic carbocycles. The molecule has 0 aromatic heterocycles. The van der Waals surface area contributed by atoms with E-state index >= 15 is 0 Å². The van der Waals surface area contributed by atoms with Crippen molar-refractivity contribution < 1.29 is 19.2 Å². The molecule has 1 fully saturated rings. The standard InChI is InChI=1S/C14H17NO4/c1-10-12(8-16)13(15(2)19-10)14(17)18-9-11-6-4-3-5-7-11/h3-8,10,12-13H,9H2,1-2H3/t10-,12-,13-/m1/s1. The highest BCUT2D eigenvalue weighted by Crippen LogP contribution is 2.25. The number of ether oxygens (including phenoxy) is 1. The number of rotatable bonds is 4. The monoisotopic (exact) mass is 263 g/mol. The molecule has 5 heteroatoms. The largest absolute Gasteiger partial charge is 0.460 e. The molecule has 1 aliphatic heterocycles. The second kappa shape index (κ2) is 5.95. The summed E-state index contributed by atoms with van der Waals surface area (Å²) in [6, 6.07) is 8.74. The second-order valence-corrected chi connectivity index (χ2v) is 4.61. The maximum atomic E-state index is 12.0. The number of nitrogens with zero attached hydrogens (tertiary/aromatic N) is 1. The molecule has 1 aliphatic rings. The maximum Gasteiger partial charge on any atom is 0.326 e. The topological polar surface area (TPSA) is 55.8 Å². The lowest BCUT2D eigenvalue weighted by atomic mass is 9.98. The minimum Gasteiger partial charge on any atom is -0.460 e. The molecule has 0 amide bonds. The van der Waals surface area contributed by atoms with Gasteiger partial charge in [0, 0.05) is 7.05 Å². The molecule has 102 valence electrons. The number of aldehydes is 1. The molecule has 19 heavy (non-hydrogen) atoms. The minimum absolute atomic E-state index is 0.198. The van der Waals surface area contributed by atoms with Crippen LogP contribution in [0.25, 0.3) is 0 Å². The summed E-state index contributed by atoms with van der Waals surface area (Å²) in [5.41, 5.74) is 0.910. The highest BCUT2D eigenvalue weighted by Gasteiger charge is 2.44. The Labute approximate surface area is 112 Å². The SMILES string of the molecule is C[C@H]1ON(C)[C@@H](C(=O)OCc2ccccc2)[C@@H]1C=O. The lowest BCUT2D eigenvalue weighted by Gasteiger charge is -2.18. The number of benzene rings is 1. The van der Waals surface area contributed by atoms with Crippen LogP contribution in [0.15, 0.2) is 30.3 Å². The summed E-state index contributed by atoms with van der Waals surface area (Å²) in [6.45, 7) is 1.96. The Morgan fingerprint density at radius 2 is 2.11 bits per heavy atom. The van der Waals surface area contributed by atoms with Crippen LogP contribution in [0.5, 0.6) is 0 Å². The Balaban J connectivity index is 1.97. The molecule has 0 saturated carbocycles. The van der Waals surface area contributed by atoms with Crippen molar-refractivity contribution in [1.82, 2.24) is 5.06 Å². The minimum atomic E-state index is -0.670. The third kappa shape index (κ3) is 3.00. The van der Waals surface area contributed by atoms with Gasteiger partial charge in [0.15, 0.2) is 0 Å². The van der Waals surface area contributed by atoms with Gasteiger partial charge >= 0.3 is 5.97 Å². The fourth-order valence-corrected chi connectivity index (χ4v) is 2.20. The highest BCUT2D eigenvalue weighted by molar-refractivity contribution is 5.80. The zero-order valence-corrected chi connectivity index (χ0v) is 11.0. The van der Waals surface area contributed by atoms with Gasteiger partial charge in [-0.15, -0.1) is 0 Å². The average Bonchev–Trinajstić information content (AvgIpc) is 2.71. The molecule has 0 spiro atoms. The molecule has 5 nitrogen and oxygen atoms in total. The number of hydrogen-bond acceptors (Lipinski definition) is 5. The fourth-order valence-electron chi connectivity index (χ4n) is 2.20. The zero-order chi connectivity index (χ0) is 13.8. The van der Waals surface area contributed by atoms with Gasteiger partial charge in [0.2, 0.25) is 0 Å². The van der Waals surface area contributed by atoms with Crippen LogP contribution in [-0.2, 0) is 25.8 Å². The van der Waals surface area contributed by atoms with E-state index in [9.17, 15) is 9.59 Å². The first-order valence-electron chi connectivity index (χ1n) is 6.19. The van der Waals surface area contributed by atoms with Crippen molar-refractivity contribution in [2.45, 2.75) is 25.7 Å². The molecule has 1 aromatic rings. The maximum absolute atomic E-state index is 12.0. The zero-order valence-electron chi connectivity index (χ0n) is 11.0. The summed E-state index contributed by atoms with van der Waals surface area (Å²) in [4.78, 5) is 28.4. The Morgan fingerprint density at radius 1 is 1.42 bits per heavy atom. The molecule has 3 atom stereocenters. The number of carbonyl (C=O) groups is 2. The van der Waals surface area contributed by atoms with Crippen LogP contribution in [-0.4, -0.2) is 36.5 Å². The smallest absolute Gasteiger partial charge is 0.326 e. The molecule has 0 aliphatic carbocycles. The quantitative estimate of drug-likeness (QED) is 0.603. The number of likely N-dealkylation sites (N-methyl/N-ethyl adjacent to an activating group) is 1. The van der Waals surface area contributed by atoms with Crippen molar-refractivity contribution in [3.63, 3.8) is 0 Å². The van der Waals surface area contributed by atoms with E-state index in [4.69, 9.17) is 9.57 Å². The van der Waals surface area contributed by atoms with Gasteiger partial charge in [-0.25, -0.2) is 0 Å². The normalized spacial score (nSPS) is 27.2. The summed E-state index contributed by atoms with van der Waals surface area (Å²) in [7, 11) is 1.63. The van der Waals surface area contributed by atoms with Gasteiger partial charge in [0.25, 0.3) is 0 Å². The van der Waals surface area contributed by atoms with Crippen LogP contribution >= 0.6 is 0 Å². The van der Waals surface area contributed by atoms with E-state index in [1.54, 1.807) is 14.0 Å². The summed E-state index contributed by atoms with van der Waals surface area (Å²) in [6.07, 6.45) is 0.444. The van der Waals surface area contributed by atoms with E-state index in [1.807, 2.05) is 30.3 Å². The van der Waals surface area contributed by atoms with Gasteiger partial charge in [-0.2, -0.15) is 5.06 Å². The molecule has 0 radical (unpaired) electrons. The van der Waals surface area contributed by atoms with Crippen molar-refractivity contribution in [2.24, 2.45) is 5.92 Å². The Kier molecular flexibility index (Phi) is 4.29. The van der Waals surface area contributed by atoms with Crippen LogP contribution in [0.4, 0.5) is 0 Å². The van der Waals surface area contributed by atoms with E-state index in [1.165, 1.54) is 5.06 Å². The first-order valence-corrected chi connectivity index (χ1v) is 6.19. The van der Waals surface area contributed by atoms with Crippen LogP contribution in [0, 0.1) is 5.92 Å². The molecule has 1 heterocycles. The Hall–Kier alpha value is -1.72. The van der Waals surface area contributed by atoms with E-state index in [0.717, 1.165) is 11.8 Å². The summed E-state index contributed by atoms with van der Waals surface area (Å²) in [5.74, 6) is -0.930. The van der Waals surface area contributed by atoms with Crippen molar-refractivity contribution in [2.75, 3.05) is 7.05 Å². The van der Waals surface area contributed by atoms with Crippen LogP contribution in [0.2, 0.25) is 0 Å².